The van der Waals surface area contributed by atoms with Gasteiger partial charge in [-0.05, 0) is 41.8 Å². The van der Waals surface area contributed by atoms with Gasteiger partial charge in [-0.1, -0.05) is 47.1 Å². The average Bonchev–Trinajstić information content (AvgIpc) is 2.99. The number of hydrogen-bond acceptors (Lipinski definition) is 3. The maximum Gasteiger partial charge on any atom is 0.190 e. The highest BCUT2D eigenvalue weighted by Crippen LogP contribution is 2.23. The maximum atomic E-state index is 9.45. The standard InChI is InChI=1S/C19H19BrN2OS/c1-2-14-3-9-17(10-4-14)21-19-22(11-12-23)18(13-24-19)15-5-7-16(20)8-6-15/h3-10,13,23H,2,11-12H2,1H3. The zero-order valence-electron chi connectivity index (χ0n) is 13.4. The molecule has 0 bridgehead atoms. The van der Waals surface area contributed by atoms with Gasteiger partial charge in [0.1, 0.15) is 0 Å². The lowest BCUT2D eigenvalue weighted by Gasteiger charge is -2.07. The first-order valence-corrected chi connectivity index (χ1v) is 9.57. The van der Waals surface area contributed by atoms with Crippen molar-refractivity contribution in [2.45, 2.75) is 19.9 Å². The highest BCUT2D eigenvalue weighted by molar-refractivity contribution is 9.10. The van der Waals surface area contributed by atoms with E-state index in [9.17, 15) is 5.11 Å². The summed E-state index contributed by atoms with van der Waals surface area (Å²) >= 11 is 5.06. The van der Waals surface area contributed by atoms with Crippen LogP contribution in [0.25, 0.3) is 11.3 Å². The van der Waals surface area contributed by atoms with E-state index in [4.69, 9.17) is 4.99 Å². The molecule has 2 aromatic carbocycles. The average molecular weight is 403 g/mol. The number of thiazole rings is 1. The number of benzene rings is 2. The molecule has 0 aliphatic rings. The van der Waals surface area contributed by atoms with Crippen LogP contribution >= 0.6 is 27.3 Å². The van der Waals surface area contributed by atoms with Crippen molar-refractivity contribution in [3.8, 4) is 11.3 Å². The largest absolute Gasteiger partial charge is 0.395 e. The summed E-state index contributed by atoms with van der Waals surface area (Å²) in [5.74, 6) is 0. The lowest BCUT2D eigenvalue weighted by atomic mass is 10.1. The van der Waals surface area contributed by atoms with Gasteiger partial charge >= 0.3 is 0 Å². The SMILES string of the molecule is CCc1ccc(N=c2scc(-c3ccc(Br)cc3)n2CCO)cc1. The van der Waals surface area contributed by atoms with Gasteiger partial charge in [0.25, 0.3) is 0 Å². The summed E-state index contributed by atoms with van der Waals surface area (Å²) in [6.07, 6.45) is 1.03. The molecular weight excluding hydrogens is 384 g/mol. The van der Waals surface area contributed by atoms with Crippen LogP contribution in [0.1, 0.15) is 12.5 Å². The predicted molar refractivity (Wildman–Crippen MR) is 104 cm³/mol. The van der Waals surface area contributed by atoms with Crippen molar-refractivity contribution in [3.63, 3.8) is 0 Å². The molecule has 0 amide bonds. The Hall–Kier alpha value is -1.69. The Bertz CT molecular complexity index is 864. The highest BCUT2D eigenvalue weighted by atomic mass is 79.9. The fraction of sp³-hybridized carbons (Fsp3) is 0.211. The van der Waals surface area contributed by atoms with Crippen LogP contribution in [-0.2, 0) is 13.0 Å². The van der Waals surface area contributed by atoms with Crippen LogP contribution in [0.15, 0.2) is 63.4 Å². The zero-order chi connectivity index (χ0) is 16.9. The van der Waals surface area contributed by atoms with E-state index in [-0.39, 0.29) is 6.61 Å². The summed E-state index contributed by atoms with van der Waals surface area (Å²) in [5, 5.41) is 11.5. The van der Waals surface area contributed by atoms with Gasteiger partial charge in [-0.15, -0.1) is 11.3 Å². The van der Waals surface area contributed by atoms with Crippen molar-refractivity contribution >= 4 is 33.0 Å². The Morgan fingerprint density at radius 1 is 1.08 bits per heavy atom. The first-order valence-electron chi connectivity index (χ1n) is 7.90. The summed E-state index contributed by atoms with van der Waals surface area (Å²) in [6.45, 7) is 2.76. The van der Waals surface area contributed by atoms with Crippen molar-refractivity contribution < 1.29 is 5.11 Å². The van der Waals surface area contributed by atoms with Crippen LogP contribution in [0, 0.1) is 0 Å². The Balaban J connectivity index is 2.04. The van der Waals surface area contributed by atoms with E-state index < -0.39 is 0 Å². The number of aliphatic hydroxyl groups is 1. The van der Waals surface area contributed by atoms with Crippen LogP contribution in [0.5, 0.6) is 0 Å². The van der Waals surface area contributed by atoms with Crippen molar-refractivity contribution in [2.75, 3.05) is 6.61 Å². The number of aryl methyl sites for hydroxylation is 1. The Morgan fingerprint density at radius 3 is 2.42 bits per heavy atom. The Morgan fingerprint density at radius 2 is 1.79 bits per heavy atom. The monoisotopic (exact) mass is 402 g/mol. The second-order valence-corrected chi connectivity index (χ2v) is 7.17. The first kappa shape index (κ1) is 17.1. The van der Waals surface area contributed by atoms with Gasteiger partial charge in [0, 0.05) is 16.4 Å². The van der Waals surface area contributed by atoms with Crippen molar-refractivity contribution in [1.82, 2.24) is 4.57 Å². The smallest absolute Gasteiger partial charge is 0.190 e. The molecule has 3 aromatic rings. The van der Waals surface area contributed by atoms with Gasteiger partial charge in [-0.25, -0.2) is 4.99 Å². The normalized spacial score (nSPS) is 11.9. The third-order valence-corrected chi connectivity index (χ3v) is 5.22. The van der Waals surface area contributed by atoms with Gasteiger partial charge in [-0.3, -0.25) is 0 Å². The van der Waals surface area contributed by atoms with Gasteiger partial charge in [0.05, 0.1) is 18.0 Å². The van der Waals surface area contributed by atoms with E-state index >= 15 is 0 Å². The van der Waals surface area contributed by atoms with E-state index in [2.05, 4.69) is 57.1 Å². The molecule has 0 saturated heterocycles. The van der Waals surface area contributed by atoms with Crippen LogP contribution in [0.3, 0.4) is 0 Å². The fourth-order valence-corrected chi connectivity index (χ4v) is 3.72. The summed E-state index contributed by atoms with van der Waals surface area (Å²) in [7, 11) is 0. The third-order valence-electron chi connectivity index (χ3n) is 3.83. The molecule has 1 heterocycles. The van der Waals surface area contributed by atoms with E-state index in [0.29, 0.717) is 6.54 Å². The summed E-state index contributed by atoms with van der Waals surface area (Å²) in [6, 6.07) is 16.5. The van der Waals surface area contributed by atoms with Crippen LogP contribution in [0.4, 0.5) is 5.69 Å². The van der Waals surface area contributed by atoms with Crippen molar-refractivity contribution in [3.05, 3.63) is 68.7 Å². The van der Waals surface area contributed by atoms with Gasteiger partial charge in [0.15, 0.2) is 4.80 Å². The quantitative estimate of drug-likeness (QED) is 0.655. The molecule has 3 nitrogen and oxygen atoms in total. The molecule has 0 unspecified atom stereocenters. The first-order chi connectivity index (χ1) is 11.7. The molecule has 0 aliphatic heterocycles. The minimum Gasteiger partial charge on any atom is -0.395 e. The molecule has 0 fully saturated rings. The van der Waals surface area contributed by atoms with E-state index in [0.717, 1.165) is 32.6 Å². The Labute approximate surface area is 154 Å². The van der Waals surface area contributed by atoms with E-state index in [1.54, 1.807) is 11.3 Å². The molecular formula is C19H19BrN2OS. The number of halogens is 1. The second-order valence-electron chi connectivity index (χ2n) is 5.42. The highest BCUT2D eigenvalue weighted by Gasteiger charge is 2.08. The lowest BCUT2D eigenvalue weighted by Crippen LogP contribution is -2.17. The molecule has 0 spiro atoms. The maximum absolute atomic E-state index is 9.45. The molecule has 3 rings (SSSR count). The van der Waals surface area contributed by atoms with Crippen LogP contribution < -0.4 is 4.80 Å². The Kier molecular flexibility index (Phi) is 5.66. The molecule has 5 heteroatoms. The molecule has 0 aliphatic carbocycles. The van der Waals surface area contributed by atoms with Crippen LogP contribution in [-0.4, -0.2) is 16.3 Å². The molecule has 0 saturated carbocycles. The van der Waals surface area contributed by atoms with Gasteiger partial charge in [0.2, 0.25) is 0 Å². The zero-order valence-corrected chi connectivity index (χ0v) is 15.8. The molecule has 0 atom stereocenters. The number of aliphatic hydroxyl groups excluding tert-OH is 1. The van der Waals surface area contributed by atoms with Gasteiger partial charge < -0.3 is 9.67 Å². The second kappa shape index (κ2) is 7.92. The minimum absolute atomic E-state index is 0.0855. The topological polar surface area (TPSA) is 37.5 Å². The molecule has 1 N–H and O–H groups in total. The number of hydrogen-bond donors (Lipinski definition) is 1. The molecule has 24 heavy (non-hydrogen) atoms. The van der Waals surface area contributed by atoms with E-state index in [1.807, 2.05) is 24.3 Å². The summed E-state index contributed by atoms with van der Waals surface area (Å²) < 4.78 is 3.12. The predicted octanol–water partition coefficient (Wildman–Crippen LogP) is 4.77. The summed E-state index contributed by atoms with van der Waals surface area (Å²) in [5.41, 5.74) is 4.43. The van der Waals surface area contributed by atoms with E-state index in [1.165, 1.54) is 5.56 Å². The minimum atomic E-state index is 0.0855. The number of aromatic nitrogens is 1. The molecule has 1 aromatic heterocycles. The number of nitrogens with zero attached hydrogens (tertiary/aromatic N) is 2. The van der Waals surface area contributed by atoms with Crippen molar-refractivity contribution in [2.24, 2.45) is 4.99 Å². The third kappa shape index (κ3) is 3.86. The van der Waals surface area contributed by atoms with Crippen LogP contribution in [0.2, 0.25) is 0 Å². The number of rotatable bonds is 5. The fourth-order valence-electron chi connectivity index (χ4n) is 2.50. The van der Waals surface area contributed by atoms with Crippen molar-refractivity contribution in [1.29, 1.82) is 0 Å². The summed E-state index contributed by atoms with van der Waals surface area (Å²) in [4.78, 5) is 5.65. The molecule has 124 valence electrons. The lowest BCUT2D eigenvalue weighted by molar-refractivity contribution is 0.275. The molecule has 0 radical (unpaired) electrons. The van der Waals surface area contributed by atoms with Gasteiger partial charge in [-0.2, -0.15) is 0 Å².